The van der Waals surface area contributed by atoms with Gasteiger partial charge in [-0.15, -0.1) is 0 Å². The summed E-state index contributed by atoms with van der Waals surface area (Å²) in [7, 11) is 0. The number of aryl methyl sites for hydroxylation is 1. The fraction of sp³-hybridized carbons (Fsp3) is 0.455. The molecule has 0 nitrogen and oxygen atoms in total. The van der Waals surface area contributed by atoms with Crippen molar-refractivity contribution >= 4 is 19.5 Å². The summed E-state index contributed by atoms with van der Waals surface area (Å²) in [5, 5.41) is 0. The van der Waals surface area contributed by atoms with Gasteiger partial charge in [-0.05, 0) is 42.7 Å². The van der Waals surface area contributed by atoms with Gasteiger partial charge in [-0.1, -0.05) is 82.2 Å². The van der Waals surface area contributed by atoms with Gasteiger partial charge in [0.15, 0.2) is 7.14 Å². The maximum atomic E-state index is 9.93. The van der Waals surface area contributed by atoms with Crippen LogP contribution < -0.4 is 21.2 Å². The zero-order valence-corrected chi connectivity index (χ0v) is 21.9. The van der Waals surface area contributed by atoms with Crippen LogP contribution in [0.4, 0.5) is 16.9 Å². The van der Waals surface area contributed by atoms with Crippen LogP contribution in [-0.4, -0.2) is 19.5 Å². The minimum absolute atomic E-state index is 0.0116. The van der Waals surface area contributed by atoms with Crippen LogP contribution in [0.15, 0.2) is 54.6 Å². The molecule has 30 heavy (non-hydrogen) atoms. The Hall–Kier alpha value is -0.432. The molecule has 8 heteroatoms. The average molecular weight is 657 g/mol. The Morgan fingerprint density at radius 1 is 0.600 bits per heavy atom. The number of hydrogen-bond acceptors (Lipinski definition) is 0. The number of hydrogen-bond donors (Lipinski definition) is 0. The summed E-state index contributed by atoms with van der Waals surface area (Å²) in [6.45, 7) is 2.28. The van der Waals surface area contributed by atoms with Gasteiger partial charge in [0.1, 0.15) is 0 Å². The van der Waals surface area contributed by atoms with Gasteiger partial charge >= 0.3 is 57.6 Å². The predicted molar refractivity (Wildman–Crippen MR) is 109 cm³/mol. The first-order chi connectivity index (χ1) is 13.8. The predicted octanol–water partition coefficient (Wildman–Crippen LogP) is 5.64. The number of halogens is 7. The van der Waals surface area contributed by atoms with Crippen LogP contribution in [-0.2, 0) is 6.42 Å². The average Bonchev–Trinajstić information content (AvgIpc) is 2.64. The van der Waals surface area contributed by atoms with Crippen molar-refractivity contribution in [1.82, 2.24) is 0 Å². The molecule has 0 saturated heterocycles. The molecule has 0 saturated carbocycles. The molecule has 0 aliphatic carbocycles. The second-order valence-electron chi connectivity index (χ2n) is 7.20. The van der Waals surface area contributed by atoms with E-state index in [-0.39, 0.29) is 21.2 Å². The molecule has 0 fully saturated rings. The molecule has 0 heterocycles. The van der Waals surface area contributed by atoms with Crippen molar-refractivity contribution in [1.29, 1.82) is 0 Å². The van der Waals surface area contributed by atoms with Crippen LogP contribution in [0.3, 0.4) is 0 Å². The summed E-state index contributed by atoms with van der Waals surface area (Å²) in [6, 6.07) is 20.3. The van der Waals surface area contributed by atoms with Gasteiger partial charge in [-0.25, -0.2) is 0 Å². The van der Waals surface area contributed by atoms with Gasteiger partial charge in [0.2, 0.25) is 0 Å². The molecule has 0 aliphatic heterocycles. The van der Waals surface area contributed by atoms with Gasteiger partial charge in [-0.3, -0.25) is 0 Å². The third-order valence-electron chi connectivity index (χ3n) is 4.18. The molecule has 2 rings (SSSR count). The number of unbranched alkanes of at least 4 members (excludes halogenated alkanes) is 7. The van der Waals surface area contributed by atoms with Gasteiger partial charge in [0, 0.05) is 0 Å². The van der Waals surface area contributed by atoms with Gasteiger partial charge in [-0.2, -0.15) is 0 Å². The zero-order valence-electron chi connectivity index (χ0n) is 17.2. The Labute approximate surface area is 188 Å². The van der Waals surface area contributed by atoms with Crippen LogP contribution in [0.1, 0.15) is 63.9 Å². The first-order valence-electron chi connectivity index (χ1n) is 10.2. The molecule has 0 atom stereocenters. The Bertz CT molecular complexity index is 703. The topological polar surface area (TPSA) is 0 Å². The molecule has 0 radical (unpaired) electrons. The van der Waals surface area contributed by atoms with E-state index in [4.69, 9.17) is 0 Å². The monoisotopic (exact) mass is 656 g/mol. The maximum absolute atomic E-state index is 11.2. The molecule has 0 aromatic heterocycles. The van der Waals surface area contributed by atoms with E-state index in [0.717, 1.165) is 0 Å². The van der Waals surface area contributed by atoms with Crippen LogP contribution >= 0.6 is 0 Å². The van der Waals surface area contributed by atoms with Crippen molar-refractivity contribution in [2.24, 2.45) is 0 Å². The van der Waals surface area contributed by atoms with E-state index in [0.29, 0.717) is 0 Å². The molecule has 0 unspecified atom stereocenters. The summed E-state index contributed by atoms with van der Waals surface area (Å²) >= 11 is -11.3. The van der Waals surface area contributed by atoms with E-state index in [1.165, 1.54) is 70.5 Å². The fourth-order valence-electron chi connectivity index (χ4n) is 2.78. The zero-order chi connectivity index (χ0) is 22.6. The normalized spacial score (nSPS) is 13.7. The van der Waals surface area contributed by atoms with E-state index in [2.05, 4.69) is 61.5 Å². The molecular weight excluding hydrogens is 627 g/mol. The van der Waals surface area contributed by atoms with Crippen molar-refractivity contribution in [3.8, 4) is 0 Å². The summed E-state index contributed by atoms with van der Waals surface area (Å²) in [4.78, 5) is 0. The van der Waals surface area contributed by atoms with Crippen LogP contribution in [0.5, 0.6) is 0 Å². The molecule has 0 aliphatic rings. The summed E-state index contributed by atoms with van der Waals surface area (Å²) < 4.78 is 62.6. The number of benzene rings is 2. The van der Waals surface area contributed by atoms with Crippen LogP contribution in [0.25, 0.3) is 0 Å². The summed E-state index contributed by atoms with van der Waals surface area (Å²) in [5.41, 5.74) is 1.51. The Kier molecular flexibility index (Phi) is 11.0. The molecule has 0 amide bonds. The molecule has 0 bridgehead atoms. The summed E-state index contributed by atoms with van der Waals surface area (Å²) in [6.07, 6.45) is 12.5. The van der Waals surface area contributed by atoms with E-state index < -0.39 is 19.5 Å². The number of rotatable bonds is 11. The molecule has 2 aromatic rings. The van der Waals surface area contributed by atoms with Gasteiger partial charge in [0.25, 0.3) is 0 Å². The van der Waals surface area contributed by atoms with Crippen molar-refractivity contribution in [3.05, 3.63) is 67.3 Å². The third kappa shape index (κ3) is 19.5. The molecule has 2 aromatic carbocycles. The summed E-state index contributed by atoms with van der Waals surface area (Å²) in [5.74, 6) is 0. The third-order valence-corrected chi connectivity index (χ3v) is 6.87. The van der Waals surface area contributed by atoms with Gasteiger partial charge in [0.05, 0.1) is 0 Å². The quantitative estimate of drug-likeness (QED) is 0.127. The molecule has 0 N–H and O–H groups in total. The Morgan fingerprint density at radius 3 is 1.53 bits per heavy atom. The van der Waals surface area contributed by atoms with Crippen molar-refractivity contribution in [2.45, 2.75) is 64.7 Å². The van der Waals surface area contributed by atoms with Crippen molar-refractivity contribution < 1.29 is 38.1 Å². The van der Waals surface area contributed by atoms with E-state index >= 15 is 0 Å². The standard InChI is InChI=1S/C22H30I.6FH.Sb/c1-2-3-4-5-6-7-8-10-13-20-16-18-22(19-17-20)23-21-14-11-9-12-15-21;;;;;;;/h9,11-12,14-19H,2-8,10,13H2,1H3;6*1H;/q+1;;;;;;;+5/p-6. The van der Waals surface area contributed by atoms with E-state index in [1.54, 1.807) is 0 Å². The Balaban J connectivity index is 0.000000553. The van der Waals surface area contributed by atoms with Gasteiger partial charge < -0.3 is 0 Å². The Morgan fingerprint density at radius 2 is 1.03 bits per heavy atom. The fourth-order valence-corrected chi connectivity index (χ4v) is 4.99. The first-order valence-corrected chi connectivity index (χ1v) is 18.1. The van der Waals surface area contributed by atoms with E-state index in [9.17, 15) is 16.9 Å². The minimum atomic E-state index is -11.2. The van der Waals surface area contributed by atoms with Crippen LogP contribution in [0, 0.1) is 7.14 Å². The van der Waals surface area contributed by atoms with E-state index in [1.807, 2.05) is 0 Å². The second kappa shape index (κ2) is 12.0. The van der Waals surface area contributed by atoms with Crippen molar-refractivity contribution in [3.63, 3.8) is 0 Å². The van der Waals surface area contributed by atoms with Crippen molar-refractivity contribution in [2.75, 3.05) is 0 Å². The SMILES string of the molecule is CCCCCCCCCCc1ccc([I+]c2ccccc2)cc1.[F][Sb-]([F])([F])([F])([F])[F]. The molecule has 172 valence electrons. The van der Waals surface area contributed by atoms with Crippen LogP contribution in [0.2, 0.25) is 0 Å². The second-order valence-corrected chi connectivity index (χ2v) is 15.7. The molecular formula is C22H30F6ISb. The first kappa shape index (κ1) is 27.6. The molecule has 0 spiro atoms.